The lowest BCUT2D eigenvalue weighted by molar-refractivity contribution is -0.145. The van der Waals surface area contributed by atoms with E-state index in [-0.39, 0.29) is 24.0 Å². The number of nitrogens with one attached hydrogen (secondary N) is 1. The number of ether oxygens (including phenoxy) is 1. The molecule has 30 heavy (non-hydrogen) atoms. The van der Waals surface area contributed by atoms with Gasteiger partial charge in [0.1, 0.15) is 0 Å². The third-order valence-electron chi connectivity index (χ3n) is 4.80. The zero-order valence-corrected chi connectivity index (χ0v) is 17.3. The molecule has 3 aromatic carbocycles. The van der Waals surface area contributed by atoms with E-state index >= 15 is 0 Å². The van der Waals surface area contributed by atoms with Crippen molar-refractivity contribution in [3.63, 3.8) is 0 Å². The molecule has 3 aromatic rings. The smallest absolute Gasteiger partial charge is 0.310 e. The molecule has 0 radical (unpaired) electrons. The molecular formula is C25H25NO4. The molecule has 0 aliphatic heterocycles. The third-order valence-corrected chi connectivity index (χ3v) is 4.80. The van der Waals surface area contributed by atoms with Gasteiger partial charge < -0.3 is 10.1 Å². The molecule has 154 valence electrons. The Hall–Kier alpha value is -3.47. The summed E-state index contributed by atoms with van der Waals surface area (Å²) in [5, 5.41) is 4.93. The summed E-state index contributed by atoms with van der Waals surface area (Å²) in [4.78, 5) is 36.6. The van der Waals surface area contributed by atoms with E-state index in [9.17, 15) is 14.4 Å². The highest BCUT2D eigenvalue weighted by Gasteiger charge is 2.20. The number of anilines is 1. The van der Waals surface area contributed by atoms with Crippen molar-refractivity contribution < 1.29 is 19.1 Å². The van der Waals surface area contributed by atoms with E-state index in [0.29, 0.717) is 11.3 Å². The molecule has 0 fully saturated rings. The first-order valence-corrected chi connectivity index (χ1v) is 9.96. The summed E-state index contributed by atoms with van der Waals surface area (Å²) in [5.41, 5.74) is 1.87. The van der Waals surface area contributed by atoms with Gasteiger partial charge in [0.05, 0.1) is 6.42 Å². The summed E-state index contributed by atoms with van der Waals surface area (Å²) in [5.74, 6) is -0.964. The Morgan fingerprint density at radius 1 is 0.867 bits per heavy atom. The molecule has 1 amide bonds. The van der Waals surface area contributed by atoms with Gasteiger partial charge in [0.25, 0.3) is 0 Å². The predicted molar refractivity (Wildman–Crippen MR) is 117 cm³/mol. The Morgan fingerprint density at radius 3 is 2.20 bits per heavy atom. The van der Waals surface area contributed by atoms with E-state index in [1.54, 1.807) is 45.0 Å². The maximum absolute atomic E-state index is 12.6. The highest BCUT2D eigenvalue weighted by molar-refractivity contribution is 6.01. The van der Waals surface area contributed by atoms with Crippen LogP contribution in [0.1, 0.15) is 36.7 Å². The van der Waals surface area contributed by atoms with Crippen LogP contribution in [0.5, 0.6) is 0 Å². The standard InChI is InChI=1S/C25H25NO4/c1-16(2)25(29)26-22-12-10-20(11-13-22)24(28)17(3)30-23(27)15-18-8-9-19-6-4-5-7-21(19)14-18/h4-14,16-17H,15H2,1-3H3,(H,26,29)/t17-/m1/s1. The summed E-state index contributed by atoms with van der Waals surface area (Å²) in [6, 6.07) is 20.3. The van der Waals surface area contributed by atoms with Crippen molar-refractivity contribution in [1.82, 2.24) is 0 Å². The lowest BCUT2D eigenvalue weighted by Crippen LogP contribution is -2.25. The average Bonchev–Trinajstić information content (AvgIpc) is 2.73. The van der Waals surface area contributed by atoms with Crippen molar-refractivity contribution in [3.05, 3.63) is 77.9 Å². The Kier molecular flexibility index (Phi) is 6.62. The summed E-state index contributed by atoms with van der Waals surface area (Å²) in [6.45, 7) is 5.18. The van der Waals surface area contributed by atoms with Crippen LogP contribution in [0.2, 0.25) is 0 Å². The monoisotopic (exact) mass is 403 g/mol. The molecule has 0 aromatic heterocycles. The summed E-state index contributed by atoms with van der Waals surface area (Å²) < 4.78 is 5.35. The van der Waals surface area contributed by atoms with Gasteiger partial charge in [0, 0.05) is 17.2 Å². The van der Waals surface area contributed by atoms with Crippen molar-refractivity contribution in [2.75, 3.05) is 5.32 Å². The number of amides is 1. The second kappa shape index (κ2) is 9.35. The quantitative estimate of drug-likeness (QED) is 0.455. The topological polar surface area (TPSA) is 72.5 Å². The van der Waals surface area contributed by atoms with Crippen LogP contribution < -0.4 is 5.32 Å². The van der Waals surface area contributed by atoms with Gasteiger partial charge in [0.15, 0.2) is 6.10 Å². The van der Waals surface area contributed by atoms with Crippen LogP contribution in [0.4, 0.5) is 5.69 Å². The molecule has 0 bridgehead atoms. The van der Waals surface area contributed by atoms with Crippen molar-refractivity contribution >= 4 is 34.1 Å². The van der Waals surface area contributed by atoms with Crippen LogP contribution in [0.3, 0.4) is 0 Å². The molecule has 0 aliphatic carbocycles. The van der Waals surface area contributed by atoms with Crippen LogP contribution in [-0.2, 0) is 20.7 Å². The highest BCUT2D eigenvalue weighted by Crippen LogP contribution is 2.17. The van der Waals surface area contributed by atoms with Gasteiger partial charge in [-0.05, 0) is 47.5 Å². The first-order chi connectivity index (χ1) is 14.3. The first kappa shape index (κ1) is 21.2. The van der Waals surface area contributed by atoms with Crippen LogP contribution in [0.15, 0.2) is 66.7 Å². The molecule has 5 nitrogen and oxygen atoms in total. The van der Waals surface area contributed by atoms with Gasteiger partial charge in [-0.1, -0.05) is 56.3 Å². The number of benzene rings is 3. The summed E-state index contributed by atoms with van der Waals surface area (Å²) in [6.07, 6.45) is -0.795. The lowest BCUT2D eigenvalue weighted by atomic mass is 10.0. The molecule has 0 aliphatic rings. The zero-order chi connectivity index (χ0) is 21.7. The minimum Gasteiger partial charge on any atom is -0.454 e. The first-order valence-electron chi connectivity index (χ1n) is 9.96. The minimum absolute atomic E-state index is 0.0925. The van der Waals surface area contributed by atoms with Gasteiger partial charge in [-0.25, -0.2) is 0 Å². The number of ketones is 1. The second-order valence-corrected chi connectivity index (χ2v) is 7.58. The van der Waals surface area contributed by atoms with Crippen LogP contribution in [0.25, 0.3) is 10.8 Å². The third kappa shape index (κ3) is 5.32. The molecule has 0 spiro atoms. The van der Waals surface area contributed by atoms with E-state index in [1.165, 1.54) is 0 Å². The van der Waals surface area contributed by atoms with Crippen molar-refractivity contribution in [1.29, 1.82) is 0 Å². The van der Waals surface area contributed by atoms with E-state index < -0.39 is 12.1 Å². The molecule has 0 saturated heterocycles. The molecule has 1 N–H and O–H groups in total. The number of fused-ring (bicyclic) bond motifs is 1. The molecule has 0 saturated carbocycles. The van der Waals surface area contributed by atoms with E-state index in [1.807, 2.05) is 42.5 Å². The summed E-state index contributed by atoms with van der Waals surface area (Å²) >= 11 is 0. The Labute approximate surface area is 176 Å². The number of esters is 1. The number of hydrogen-bond donors (Lipinski definition) is 1. The maximum Gasteiger partial charge on any atom is 0.310 e. The zero-order valence-electron chi connectivity index (χ0n) is 17.3. The summed E-state index contributed by atoms with van der Waals surface area (Å²) in [7, 11) is 0. The van der Waals surface area contributed by atoms with Crippen molar-refractivity contribution in [2.45, 2.75) is 33.3 Å². The van der Waals surface area contributed by atoms with Crippen LogP contribution in [-0.4, -0.2) is 23.8 Å². The van der Waals surface area contributed by atoms with Gasteiger partial charge in [-0.3, -0.25) is 14.4 Å². The lowest BCUT2D eigenvalue weighted by Gasteiger charge is -2.13. The average molecular weight is 403 g/mol. The Balaban J connectivity index is 1.58. The van der Waals surface area contributed by atoms with Gasteiger partial charge in [-0.2, -0.15) is 0 Å². The number of hydrogen-bond acceptors (Lipinski definition) is 4. The van der Waals surface area contributed by atoms with E-state index in [0.717, 1.165) is 16.3 Å². The van der Waals surface area contributed by atoms with Crippen molar-refractivity contribution in [3.8, 4) is 0 Å². The fourth-order valence-corrected chi connectivity index (χ4v) is 3.05. The molecule has 5 heteroatoms. The fraction of sp³-hybridized carbons (Fsp3) is 0.240. The fourth-order valence-electron chi connectivity index (χ4n) is 3.05. The molecule has 3 rings (SSSR count). The van der Waals surface area contributed by atoms with Gasteiger partial charge >= 0.3 is 5.97 Å². The Bertz CT molecular complexity index is 1070. The number of carbonyl (C=O) groups is 3. The number of rotatable bonds is 7. The SMILES string of the molecule is CC(C)C(=O)Nc1ccc(C(=O)[C@@H](C)OC(=O)Cc2ccc3ccccc3c2)cc1. The highest BCUT2D eigenvalue weighted by atomic mass is 16.5. The number of carbonyl (C=O) groups excluding carboxylic acids is 3. The minimum atomic E-state index is -0.894. The molecular weight excluding hydrogens is 378 g/mol. The van der Waals surface area contributed by atoms with Gasteiger partial charge in [0.2, 0.25) is 11.7 Å². The van der Waals surface area contributed by atoms with E-state index in [2.05, 4.69) is 5.32 Å². The van der Waals surface area contributed by atoms with Gasteiger partial charge in [-0.15, -0.1) is 0 Å². The molecule has 0 unspecified atom stereocenters. The normalized spacial score (nSPS) is 11.9. The second-order valence-electron chi connectivity index (χ2n) is 7.58. The number of Topliss-reactive ketones (excluding diaryl/α,β-unsaturated/α-hetero) is 1. The van der Waals surface area contributed by atoms with Crippen molar-refractivity contribution in [2.24, 2.45) is 5.92 Å². The van der Waals surface area contributed by atoms with Crippen LogP contribution in [0, 0.1) is 5.92 Å². The Morgan fingerprint density at radius 2 is 1.53 bits per heavy atom. The van der Waals surface area contributed by atoms with E-state index in [4.69, 9.17) is 4.74 Å². The largest absolute Gasteiger partial charge is 0.454 e. The molecule has 1 atom stereocenters. The molecule has 0 heterocycles. The van der Waals surface area contributed by atoms with Crippen LogP contribution >= 0.6 is 0 Å². The maximum atomic E-state index is 12.6. The predicted octanol–water partition coefficient (Wildman–Crippen LogP) is 4.79.